The fourth-order valence-electron chi connectivity index (χ4n) is 2.13. The first kappa shape index (κ1) is 7.81. The van der Waals surface area contributed by atoms with Crippen molar-refractivity contribution < 1.29 is 0 Å². The predicted molar refractivity (Wildman–Crippen MR) is 59.3 cm³/mol. The van der Waals surface area contributed by atoms with Gasteiger partial charge in [0.25, 0.3) is 0 Å². The molecular weight excluding hydrogens is 168 g/mol. The molecule has 1 aliphatic rings. The Hall–Kier alpha value is -1.56. The van der Waals surface area contributed by atoms with E-state index < -0.39 is 0 Å². The minimum Gasteiger partial charge on any atom is -0.0687 e. The largest absolute Gasteiger partial charge is 0.0687 e. The summed E-state index contributed by atoms with van der Waals surface area (Å²) in [5.41, 5.74) is 2.69. The van der Waals surface area contributed by atoms with Crippen molar-refractivity contribution in [3.63, 3.8) is 0 Å². The molecule has 0 fully saturated rings. The molecule has 3 rings (SSSR count). The van der Waals surface area contributed by atoms with Crippen LogP contribution in [0.1, 0.15) is 24.0 Å². The molecule has 0 saturated heterocycles. The number of rotatable bonds is 0. The molecule has 0 amide bonds. The second-order valence-electron chi connectivity index (χ2n) is 3.85. The average molecular weight is 179 g/mol. The first-order valence-corrected chi connectivity index (χ1v) is 4.98. The number of benzene rings is 2. The third-order valence-electron chi connectivity index (χ3n) is 2.93. The Kier molecular flexibility index (Phi) is 1.51. The van der Waals surface area contributed by atoms with E-state index in [4.69, 9.17) is 0 Å². The third-order valence-corrected chi connectivity index (χ3v) is 2.93. The van der Waals surface area contributed by atoms with E-state index in [9.17, 15) is 0 Å². The van der Waals surface area contributed by atoms with Crippen LogP contribution >= 0.6 is 0 Å². The topological polar surface area (TPSA) is 0 Å². The average Bonchev–Trinajstić information content (AvgIpc) is 2.61. The van der Waals surface area contributed by atoms with Crippen molar-refractivity contribution in [3.05, 3.63) is 59.7 Å². The van der Waals surface area contributed by atoms with Crippen molar-refractivity contribution in [3.8, 4) is 0 Å². The zero-order chi connectivity index (χ0) is 9.54. The molecule has 0 N–H and O–H groups in total. The molecule has 67 valence electrons. The highest BCUT2D eigenvalue weighted by Crippen LogP contribution is 2.33. The van der Waals surface area contributed by atoms with Crippen LogP contribution in [0.4, 0.5) is 0 Å². The molecule has 2 aromatic carbocycles. The molecule has 0 aliphatic heterocycles. The summed E-state index contributed by atoms with van der Waals surface area (Å²) < 4.78 is 0. The quantitative estimate of drug-likeness (QED) is 0.579. The second-order valence-corrected chi connectivity index (χ2v) is 3.85. The molecule has 0 aromatic heterocycles. The summed E-state index contributed by atoms with van der Waals surface area (Å²) in [7, 11) is 0. The van der Waals surface area contributed by atoms with Crippen molar-refractivity contribution in [2.24, 2.45) is 0 Å². The Morgan fingerprint density at radius 1 is 1.07 bits per heavy atom. The standard InChI is InChI=1S/C14H11/c1-10-6-8-14-12(10)9-7-11-4-2-3-5-13(11)14/h2-7,9-10H,1H3. The van der Waals surface area contributed by atoms with E-state index in [2.05, 4.69) is 55.5 Å². The number of hydrogen-bond donors (Lipinski definition) is 0. The van der Waals surface area contributed by atoms with Gasteiger partial charge in [-0.2, -0.15) is 0 Å². The van der Waals surface area contributed by atoms with Crippen molar-refractivity contribution >= 4 is 10.8 Å². The second kappa shape index (κ2) is 2.71. The first-order valence-electron chi connectivity index (χ1n) is 4.98. The summed E-state index contributed by atoms with van der Waals surface area (Å²) in [4.78, 5) is 0. The molecule has 0 saturated carbocycles. The van der Waals surface area contributed by atoms with Crippen molar-refractivity contribution in [2.45, 2.75) is 12.8 Å². The molecule has 1 aliphatic carbocycles. The molecule has 0 heteroatoms. The van der Waals surface area contributed by atoms with Gasteiger partial charge in [-0.1, -0.05) is 49.4 Å². The number of allylic oxidation sites excluding steroid dienone is 1. The zero-order valence-corrected chi connectivity index (χ0v) is 8.12. The van der Waals surface area contributed by atoms with Crippen LogP contribution in [-0.4, -0.2) is 0 Å². The zero-order valence-electron chi connectivity index (χ0n) is 8.12. The van der Waals surface area contributed by atoms with E-state index >= 15 is 0 Å². The molecule has 1 radical (unpaired) electrons. The molecule has 0 nitrogen and oxygen atoms in total. The molecule has 1 atom stereocenters. The van der Waals surface area contributed by atoms with Crippen LogP contribution in [0.3, 0.4) is 0 Å². The van der Waals surface area contributed by atoms with Crippen LogP contribution in [0, 0.1) is 6.08 Å². The molecule has 14 heavy (non-hydrogen) atoms. The monoisotopic (exact) mass is 179 g/mol. The lowest BCUT2D eigenvalue weighted by atomic mass is 9.97. The van der Waals surface area contributed by atoms with Crippen molar-refractivity contribution in [1.82, 2.24) is 0 Å². The third kappa shape index (κ3) is 0.941. The van der Waals surface area contributed by atoms with Crippen LogP contribution in [0.25, 0.3) is 10.8 Å². The summed E-state index contributed by atoms with van der Waals surface area (Å²) >= 11 is 0. The number of hydrogen-bond acceptors (Lipinski definition) is 0. The maximum Gasteiger partial charge on any atom is 0.000537 e. The molecular formula is C14H11. The lowest BCUT2D eigenvalue weighted by Gasteiger charge is -2.07. The molecule has 2 aromatic rings. The highest BCUT2D eigenvalue weighted by atomic mass is 14.2. The van der Waals surface area contributed by atoms with E-state index in [-0.39, 0.29) is 0 Å². The summed E-state index contributed by atoms with van der Waals surface area (Å²) in [5, 5.41) is 2.63. The van der Waals surface area contributed by atoms with Crippen LogP contribution < -0.4 is 0 Å². The molecule has 0 bridgehead atoms. The predicted octanol–water partition coefficient (Wildman–Crippen LogP) is 3.66. The Morgan fingerprint density at radius 3 is 2.86 bits per heavy atom. The van der Waals surface area contributed by atoms with E-state index in [1.165, 1.54) is 21.9 Å². The van der Waals surface area contributed by atoms with Gasteiger partial charge in [-0.25, -0.2) is 0 Å². The lowest BCUT2D eigenvalue weighted by molar-refractivity contribution is 0.992. The van der Waals surface area contributed by atoms with Crippen molar-refractivity contribution in [1.29, 1.82) is 0 Å². The summed E-state index contributed by atoms with van der Waals surface area (Å²) in [5.74, 6) is 0.523. The minimum absolute atomic E-state index is 0.523. The lowest BCUT2D eigenvalue weighted by Crippen LogP contribution is -1.87. The van der Waals surface area contributed by atoms with Gasteiger partial charge in [-0.05, 0) is 28.0 Å². The Balaban J connectivity index is 2.43. The maximum absolute atomic E-state index is 3.37. The fourth-order valence-corrected chi connectivity index (χ4v) is 2.13. The van der Waals surface area contributed by atoms with Gasteiger partial charge in [-0.15, -0.1) is 0 Å². The Bertz CT molecular complexity index is 521. The highest BCUT2D eigenvalue weighted by molar-refractivity contribution is 5.88. The van der Waals surface area contributed by atoms with Crippen LogP contribution in [0.15, 0.2) is 42.5 Å². The van der Waals surface area contributed by atoms with Gasteiger partial charge in [0.2, 0.25) is 0 Å². The van der Waals surface area contributed by atoms with Gasteiger partial charge in [-0.3, -0.25) is 0 Å². The van der Waals surface area contributed by atoms with Gasteiger partial charge >= 0.3 is 0 Å². The molecule has 1 unspecified atom stereocenters. The van der Waals surface area contributed by atoms with E-state index in [1.807, 2.05) is 0 Å². The summed E-state index contributed by atoms with van der Waals surface area (Å²) in [6, 6.07) is 12.9. The van der Waals surface area contributed by atoms with Crippen LogP contribution in [0.5, 0.6) is 0 Å². The van der Waals surface area contributed by atoms with Gasteiger partial charge in [0.15, 0.2) is 0 Å². The van der Waals surface area contributed by atoms with E-state index in [0.717, 1.165) is 0 Å². The van der Waals surface area contributed by atoms with Gasteiger partial charge in [0.1, 0.15) is 0 Å². The minimum atomic E-state index is 0.523. The first-order chi connectivity index (χ1) is 6.86. The van der Waals surface area contributed by atoms with Crippen LogP contribution in [-0.2, 0) is 0 Å². The summed E-state index contributed by atoms with van der Waals surface area (Å²) in [6.07, 6.45) is 5.52. The van der Waals surface area contributed by atoms with Gasteiger partial charge < -0.3 is 0 Å². The normalized spacial score (nSPS) is 18.8. The molecule has 0 spiro atoms. The van der Waals surface area contributed by atoms with Gasteiger partial charge in [0.05, 0.1) is 0 Å². The number of fused-ring (bicyclic) bond motifs is 3. The van der Waals surface area contributed by atoms with Gasteiger partial charge in [0, 0.05) is 5.92 Å². The fraction of sp³-hybridized carbons (Fsp3) is 0.143. The smallest absolute Gasteiger partial charge is 0.000537 e. The van der Waals surface area contributed by atoms with E-state index in [1.54, 1.807) is 0 Å². The van der Waals surface area contributed by atoms with Crippen molar-refractivity contribution in [2.75, 3.05) is 0 Å². The highest BCUT2D eigenvalue weighted by Gasteiger charge is 2.14. The van der Waals surface area contributed by atoms with Crippen LogP contribution in [0.2, 0.25) is 0 Å². The van der Waals surface area contributed by atoms with E-state index in [0.29, 0.717) is 5.92 Å². The Labute approximate surface area is 83.9 Å². The SMILES string of the molecule is CC1C=[C]c2c1ccc1ccccc21. The summed E-state index contributed by atoms with van der Waals surface area (Å²) in [6.45, 7) is 2.22. The Morgan fingerprint density at radius 2 is 1.93 bits per heavy atom. The maximum atomic E-state index is 3.37. The molecule has 0 heterocycles.